The van der Waals surface area contributed by atoms with E-state index in [2.05, 4.69) is 24.0 Å². The number of likely N-dealkylation sites (N-methyl/N-ethyl adjacent to an activating group) is 1. The van der Waals surface area contributed by atoms with Crippen molar-refractivity contribution >= 4 is 5.84 Å². The lowest BCUT2D eigenvalue weighted by molar-refractivity contribution is 0.206. The molecule has 0 aliphatic heterocycles. The highest BCUT2D eigenvalue weighted by molar-refractivity contribution is 5.84. The maximum Gasteiger partial charge on any atom is 0.0995 e. The molecule has 19 heavy (non-hydrogen) atoms. The Bertz CT molecular complexity index is 396. The molecule has 0 saturated heterocycles. The smallest absolute Gasteiger partial charge is 0.0995 e. The van der Waals surface area contributed by atoms with E-state index in [0.29, 0.717) is 6.04 Å². The Kier molecular flexibility index (Phi) is 4.97. The van der Waals surface area contributed by atoms with Crippen molar-refractivity contribution in [2.45, 2.75) is 44.6 Å². The van der Waals surface area contributed by atoms with Crippen molar-refractivity contribution in [2.75, 3.05) is 13.1 Å². The molecule has 1 saturated carbocycles. The van der Waals surface area contributed by atoms with E-state index in [-0.39, 0.29) is 11.8 Å². The van der Waals surface area contributed by atoms with Crippen LogP contribution in [0.4, 0.5) is 0 Å². The zero-order valence-electron chi connectivity index (χ0n) is 11.8. The standard InChI is InChI=1S/C16H25N3/c1-2-19(14-10-6-7-11-14)12-15(16(17)18)13-8-4-3-5-9-13/h3-5,8-9,14-15H,2,6-7,10-12H2,1H3,(H3,17,18). The molecule has 1 fully saturated rings. The Hall–Kier alpha value is -1.35. The van der Waals surface area contributed by atoms with Crippen LogP contribution in [0.2, 0.25) is 0 Å². The number of rotatable bonds is 6. The summed E-state index contributed by atoms with van der Waals surface area (Å²) in [6, 6.07) is 10.9. The minimum Gasteiger partial charge on any atom is -0.387 e. The number of hydrogen-bond acceptors (Lipinski definition) is 2. The van der Waals surface area contributed by atoms with E-state index in [0.717, 1.165) is 18.7 Å². The van der Waals surface area contributed by atoms with Crippen molar-refractivity contribution in [3.8, 4) is 0 Å². The number of nitrogens with two attached hydrogens (primary N) is 1. The normalized spacial score (nSPS) is 17.8. The maximum atomic E-state index is 7.88. The summed E-state index contributed by atoms with van der Waals surface area (Å²) in [7, 11) is 0. The molecule has 3 heteroatoms. The van der Waals surface area contributed by atoms with Crippen LogP contribution in [0.3, 0.4) is 0 Å². The van der Waals surface area contributed by atoms with E-state index in [4.69, 9.17) is 11.1 Å². The van der Waals surface area contributed by atoms with Crippen molar-refractivity contribution in [1.29, 1.82) is 5.41 Å². The number of amidine groups is 1. The molecule has 1 aliphatic carbocycles. The summed E-state index contributed by atoms with van der Waals surface area (Å²) in [6.45, 7) is 4.13. The van der Waals surface area contributed by atoms with Gasteiger partial charge < -0.3 is 5.73 Å². The Morgan fingerprint density at radius 1 is 1.32 bits per heavy atom. The topological polar surface area (TPSA) is 53.1 Å². The predicted octanol–water partition coefficient (Wildman–Crippen LogP) is 2.97. The molecule has 0 amide bonds. The first kappa shape index (κ1) is 14.1. The second-order valence-electron chi connectivity index (χ2n) is 5.44. The van der Waals surface area contributed by atoms with Gasteiger partial charge in [-0.25, -0.2) is 0 Å². The van der Waals surface area contributed by atoms with Gasteiger partial charge in [-0.15, -0.1) is 0 Å². The zero-order chi connectivity index (χ0) is 13.7. The van der Waals surface area contributed by atoms with E-state index in [1.54, 1.807) is 0 Å². The number of benzene rings is 1. The van der Waals surface area contributed by atoms with Crippen molar-refractivity contribution in [3.05, 3.63) is 35.9 Å². The minimum absolute atomic E-state index is 0.0294. The molecule has 1 aromatic rings. The second-order valence-corrected chi connectivity index (χ2v) is 5.44. The molecule has 3 N–H and O–H groups in total. The van der Waals surface area contributed by atoms with Gasteiger partial charge in [-0.1, -0.05) is 50.1 Å². The van der Waals surface area contributed by atoms with Crippen LogP contribution in [0, 0.1) is 5.41 Å². The Morgan fingerprint density at radius 3 is 2.47 bits per heavy atom. The van der Waals surface area contributed by atoms with Crippen LogP contribution in [-0.4, -0.2) is 29.9 Å². The molecule has 3 nitrogen and oxygen atoms in total. The number of nitrogens with one attached hydrogen (secondary N) is 1. The van der Waals surface area contributed by atoms with Crippen molar-refractivity contribution < 1.29 is 0 Å². The van der Waals surface area contributed by atoms with E-state index >= 15 is 0 Å². The maximum absolute atomic E-state index is 7.88. The average molecular weight is 259 g/mol. The summed E-state index contributed by atoms with van der Waals surface area (Å²) in [5.74, 6) is 0.310. The third-order valence-electron chi connectivity index (χ3n) is 4.24. The Morgan fingerprint density at radius 2 is 1.95 bits per heavy atom. The number of nitrogens with zero attached hydrogens (tertiary/aromatic N) is 1. The van der Waals surface area contributed by atoms with Gasteiger partial charge in [0.2, 0.25) is 0 Å². The van der Waals surface area contributed by atoms with Crippen LogP contribution in [-0.2, 0) is 0 Å². The lowest BCUT2D eigenvalue weighted by Gasteiger charge is -2.31. The molecule has 1 unspecified atom stereocenters. The first-order valence-electron chi connectivity index (χ1n) is 7.35. The van der Waals surface area contributed by atoms with Gasteiger partial charge in [0.25, 0.3) is 0 Å². The summed E-state index contributed by atoms with van der Waals surface area (Å²) in [5.41, 5.74) is 6.99. The monoisotopic (exact) mass is 259 g/mol. The van der Waals surface area contributed by atoms with E-state index in [1.807, 2.05) is 18.2 Å². The van der Waals surface area contributed by atoms with Crippen LogP contribution in [0.25, 0.3) is 0 Å². The van der Waals surface area contributed by atoms with Crippen LogP contribution >= 0.6 is 0 Å². The summed E-state index contributed by atoms with van der Waals surface area (Å²) < 4.78 is 0. The lowest BCUT2D eigenvalue weighted by atomic mass is 9.96. The highest BCUT2D eigenvalue weighted by Gasteiger charge is 2.25. The van der Waals surface area contributed by atoms with Gasteiger partial charge in [0.15, 0.2) is 0 Å². The largest absolute Gasteiger partial charge is 0.387 e. The van der Waals surface area contributed by atoms with E-state index < -0.39 is 0 Å². The molecule has 1 aromatic carbocycles. The van der Waals surface area contributed by atoms with Crippen LogP contribution in [0.1, 0.15) is 44.1 Å². The molecule has 1 atom stereocenters. The Labute approximate surface area is 116 Å². The molecule has 104 valence electrons. The molecule has 0 heterocycles. The quantitative estimate of drug-likeness (QED) is 0.609. The van der Waals surface area contributed by atoms with Crippen molar-refractivity contribution in [1.82, 2.24) is 4.90 Å². The Balaban J connectivity index is 2.09. The first-order chi connectivity index (χ1) is 9.22. The highest BCUT2D eigenvalue weighted by atomic mass is 15.2. The molecule has 0 bridgehead atoms. The molecular weight excluding hydrogens is 234 g/mol. The van der Waals surface area contributed by atoms with Gasteiger partial charge in [0.1, 0.15) is 0 Å². The van der Waals surface area contributed by atoms with Crippen molar-refractivity contribution in [3.63, 3.8) is 0 Å². The molecule has 0 spiro atoms. The molecular formula is C16H25N3. The summed E-state index contributed by atoms with van der Waals surface area (Å²) in [4.78, 5) is 2.51. The van der Waals surface area contributed by atoms with Gasteiger partial charge in [-0.2, -0.15) is 0 Å². The first-order valence-corrected chi connectivity index (χ1v) is 7.35. The third-order valence-corrected chi connectivity index (χ3v) is 4.24. The predicted molar refractivity (Wildman–Crippen MR) is 80.6 cm³/mol. The molecule has 2 rings (SSSR count). The summed E-state index contributed by atoms with van der Waals surface area (Å²) in [6.07, 6.45) is 5.29. The molecule has 1 aliphatic rings. The van der Waals surface area contributed by atoms with Gasteiger partial charge in [0, 0.05) is 12.6 Å². The van der Waals surface area contributed by atoms with E-state index in [1.165, 1.54) is 25.7 Å². The van der Waals surface area contributed by atoms with Crippen LogP contribution in [0.5, 0.6) is 0 Å². The fourth-order valence-corrected chi connectivity index (χ4v) is 3.11. The van der Waals surface area contributed by atoms with Crippen LogP contribution in [0.15, 0.2) is 30.3 Å². The molecule has 0 radical (unpaired) electrons. The zero-order valence-corrected chi connectivity index (χ0v) is 11.8. The van der Waals surface area contributed by atoms with Crippen LogP contribution < -0.4 is 5.73 Å². The fourth-order valence-electron chi connectivity index (χ4n) is 3.11. The van der Waals surface area contributed by atoms with E-state index in [9.17, 15) is 0 Å². The van der Waals surface area contributed by atoms with Gasteiger partial charge in [0.05, 0.1) is 11.8 Å². The fraction of sp³-hybridized carbons (Fsp3) is 0.562. The SMILES string of the molecule is CCN(CC(C(=N)N)c1ccccc1)C1CCCC1. The van der Waals surface area contributed by atoms with Gasteiger partial charge in [-0.3, -0.25) is 10.3 Å². The van der Waals surface area contributed by atoms with Crippen molar-refractivity contribution in [2.24, 2.45) is 5.73 Å². The minimum atomic E-state index is 0.0294. The van der Waals surface area contributed by atoms with Gasteiger partial charge >= 0.3 is 0 Å². The lowest BCUT2D eigenvalue weighted by Crippen LogP contribution is -2.39. The number of hydrogen-bond donors (Lipinski definition) is 2. The highest BCUT2D eigenvalue weighted by Crippen LogP contribution is 2.26. The third kappa shape index (κ3) is 3.57. The second kappa shape index (κ2) is 6.71. The van der Waals surface area contributed by atoms with Gasteiger partial charge in [-0.05, 0) is 24.9 Å². The molecule has 0 aromatic heterocycles. The summed E-state index contributed by atoms with van der Waals surface area (Å²) in [5, 5.41) is 7.88. The average Bonchev–Trinajstić information content (AvgIpc) is 2.94. The summed E-state index contributed by atoms with van der Waals surface area (Å²) >= 11 is 0.